The number of nitrogens with one attached hydrogen (secondary N) is 1. The third kappa shape index (κ3) is 3.86. The second-order valence-corrected chi connectivity index (χ2v) is 4.55. The van der Waals surface area contributed by atoms with Crippen LogP contribution in [0.3, 0.4) is 0 Å². The molecule has 1 amide bonds. The van der Waals surface area contributed by atoms with E-state index >= 15 is 0 Å². The average molecular weight is 315 g/mol. The van der Waals surface area contributed by atoms with E-state index in [9.17, 15) is 18.8 Å². The SMILES string of the molecule is CCOC(=O)C(CC1(F)C=NC=N1)(NC(C)=O)C(=O)OCC. The van der Waals surface area contributed by atoms with Crippen molar-refractivity contribution in [1.29, 1.82) is 0 Å². The van der Waals surface area contributed by atoms with Crippen molar-refractivity contribution in [2.24, 2.45) is 9.98 Å². The van der Waals surface area contributed by atoms with Gasteiger partial charge in [0.05, 0.1) is 25.8 Å². The first-order valence-electron chi connectivity index (χ1n) is 6.70. The van der Waals surface area contributed by atoms with Crippen LogP contribution in [-0.4, -0.2) is 54.9 Å². The minimum atomic E-state index is -2.41. The first kappa shape index (κ1) is 17.7. The summed E-state index contributed by atoms with van der Waals surface area (Å²) in [4.78, 5) is 42.9. The normalized spacial score (nSPS) is 19.8. The fourth-order valence-corrected chi connectivity index (χ4v) is 1.96. The lowest BCUT2D eigenvalue weighted by molar-refractivity contribution is -0.169. The molecule has 1 rings (SSSR count). The van der Waals surface area contributed by atoms with Crippen LogP contribution in [0, 0.1) is 0 Å². The molecule has 0 spiro atoms. The number of aliphatic imine (C=N–C) groups is 2. The van der Waals surface area contributed by atoms with Crippen molar-refractivity contribution in [2.45, 2.75) is 38.5 Å². The summed E-state index contributed by atoms with van der Waals surface area (Å²) in [6.07, 6.45) is 0.980. The lowest BCUT2D eigenvalue weighted by Crippen LogP contribution is -2.63. The van der Waals surface area contributed by atoms with Crippen molar-refractivity contribution in [1.82, 2.24) is 5.32 Å². The lowest BCUT2D eigenvalue weighted by atomic mass is 9.89. The van der Waals surface area contributed by atoms with Crippen molar-refractivity contribution in [3.63, 3.8) is 0 Å². The molecule has 0 aromatic heterocycles. The summed E-state index contributed by atoms with van der Waals surface area (Å²) in [5.41, 5.74) is -2.33. The summed E-state index contributed by atoms with van der Waals surface area (Å²) in [6.45, 7) is 4.00. The van der Waals surface area contributed by atoms with Gasteiger partial charge in [-0.05, 0) is 13.8 Å². The summed E-state index contributed by atoms with van der Waals surface area (Å²) in [5.74, 6) is -5.36. The second-order valence-electron chi connectivity index (χ2n) is 4.55. The molecule has 1 aliphatic heterocycles. The number of nitrogens with zero attached hydrogens (tertiary/aromatic N) is 2. The zero-order chi connectivity index (χ0) is 16.8. The number of ether oxygens (including phenoxy) is 2. The van der Waals surface area contributed by atoms with Gasteiger partial charge in [-0.2, -0.15) is 0 Å². The monoisotopic (exact) mass is 315 g/mol. The van der Waals surface area contributed by atoms with Crippen LogP contribution in [0.25, 0.3) is 0 Å². The van der Waals surface area contributed by atoms with Crippen molar-refractivity contribution in [2.75, 3.05) is 13.2 Å². The fourth-order valence-electron chi connectivity index (χ4n) is 1.96. The Hall–Kier alpha value is -2.32. The van der Waals surface area contributed by atoms with Crippen LogP contribution in [-0.2, 0) is 23.9 Å². The molecule has 1 heterocycles. The first-order chi connectivity index (χ1) is 10.3. The van der Waals surface area contributed by atoms with Crippen LogP contribution in [0.2, 0.25) is 0 Å². The minimum Gasteiger partial charge on any atom is -0.464 e. The minimum absolute atomic E-state index is 0.0593. The van der Waals surface area contributed by atoms with E-state index in [-0.39, 0.29) is 13.2 Å². The number of amides is 1. The van der Waals surface area contributed by atoms with Crippen molar-refractivity contribution in [3.8, 4) is 0 Å². The lowest BCUT2D eigenvalue weighted by Gasteiger charge is -2.32. The quantitative estimate of drug-likeness (QED) is 0.409. The van der Waals surface area contributed by atoms with Gasteiger partial charge in [-0.25, -0.2) is 24.0 Å². The van der Waals surface area contributed by atoms with Gasteiger partial charge in [-0.1, -0.05) is 0 Å². The van der Waals surface area contributed by atoms with Gasteiger partial charge in [0.2, 0.25) is 17.2 Å². The van der Waals surface area contributed by atoms with Gasteiger partial charge < -0.3 is 14.8 Å². The van der Waals surface area contributed by atoms with Crippen LogP contribution < -0.4 is 5.32 Å². The Morgan fingerprint density at radius 3 is 2.14 bits per heavy atom. The molecule has 0 aromatic rings. The maximum atomic E-state index is 14.5. The Labute approximate surface area is 126 Å². The molecule has 0 saturated carbocycles. The Morgan fingerprint density at radius 2 is 1.77 bits per heavy atom. The molecule has 0 radical (unpaired) electrons. The largest absolute Gasteiger partial charge is 0.464 e. The Balaban J connectivity index is 3.26. The maximum Gasteiger partial charge on any atom is 0.343 e. The highest BCUT2D eigenvalue weighted by Crippen LogP contribution is 2.29. The van der Waals surface area contributed by atoms with Crippen molar-refractivity contribution < 1.29 is 28.2 Å². The molecule has 1 atom stereocenters. The third-order valence-electron chi connectivity index (χ3n) is 2.76. The molecule has 9 heteroatoms. The molecular formula is C13H18FN3O5. The van der Waals surface area contributed by atoms with E-state index in [1.165, 1.54) is 13.8 Å². The highest BCUT2D eigenvalue weighted by molar-refractivity contribution is 6.08. The molecule has 0 aromatic carbocycles. The van der Waals surface area contributed by atoms with Gasteiger partial charge in [0.15, 0.2) is 0 Å². The van der Waals surface area contributed by atoms with Crippen LogP contribution in [0.1, 0.15) is 27.2 Å². The van der Waals surface area contributed by atoms with E-state index in [1.54, 1.807) is 0 Å². The Morgan fingerprint density at radius 1 is 1.23 bits per heavy atom. The van der Waals surface area contributed by atoms with E-state index in [0.717, 1.165) is 19.5 Å². The van der Waals surface area contributed by atoms with E-state index < -0.39 is 35.6 Å². The summed E-state index contributed by atoms with van der Waals surface area (Å²) in [7, 11) is 0. The molecule has 1 unspecified atom stereocenters. The molecular weight excluding hydrogens is 297 g/mol. The number of halogens is 1. The third-order valence-corrected chi connectivity index (χ3v) is 2.76. The van der Waals surface area contributed by atoms with Gasteiger partial charge >= 0.3 is 11.9 Å². The molecule has 22 heavy (non-hydrogen) atoms. The molecule has 122 valence electrons. The number of hydrogen-bond donors (Lipinski definition) is 1. The summed E-state index contributed by atoms with van der Waals surface area (Å²) >= 11 is 0. The predicted molar refractivity (Wildman–Crippen MR) is 75.3 cm³/mol. The van der Waals surface area contributed by atoms with Gasteiger partial charge in [-0.15, -0.1) is 0 Å². The number of esters is 2. The van der Waals surface area contributed by atoms with Gasteiger partial charge in [0, 0.05) is 6.92 Å². The fraction of sp³-hybridized carbons (Fsp3) is 0.615. The number of hydrogen-bond acceptors (Lipinski definition) is 7. The molecule has 0 bridgehead atoms. The number of carbonyl (C=O) groups is 3. The van der Waals surface area contributed by atoms with Crippen LogP contribution in [0.5, 0.6) is 0 Å². The summed E-state index contributed by atoms with van der Waals surface area (Å²) < 4.78 is 24.2. The topological polar surface area (TPSA) is 106 Å². The zero-order valence-electron chi connectivity index (χ0n) is 12.6. The maximum absolute atomic E-state index is 14.5. The predicted octanol–water partition coefficient (Wildman–Crippen LogP) is 0.156. The number of carbonyl (C=O) groups excluding carboxylic acids is 3. The van der Waals surface area contributed by atoms with Gasteiger partial charge in [-0.3, -0.25) is 4.79 Å². The van der Waals surface area contributed by atoms with Crippen LogP contribution in [0.4, 0.5) is 4.39 Å². The van der Waals surface area contributed by atoms with E-state index in [4.69, 9.17) is 9.47 Å². The molecule has 1 aliphatic rings. The molecule has 8 nitrogen and oxygen atoms in total. The van der Waals surface area contributed by atoms with Gasteiger partial charge in [0.1, 0.15) is 6.34 Å². The molecule has 1 N–H and O–H groups in total. The van der Waals surface area contributed by atoms with Crippen LogP contribution >= 0.6 is 0 Å². The molecule has 0 saturated heterocycles. The molecule has 0 fully saturated rings. The summed E-state index contributed by atoms with van der Waals surface area (Å²) in [5, 5.41) is 2.15. The number of rotatable bonds is 7. The summed E-state index contributed by atoms with van der Waals surface area (Å²) in [6, 6.07) is 0. The Kier molecular flexibility index (Phi) is 5.72. The second kappa shape index (κ2) is 7.10. The smallest absolute Gasteiger partial charge is 0.343 e. The molecule has 0 aliphatic carbocycles. The highest BCUT2D eigenvalue weighted by atomic mass is 19.1. The van der Waals surface area contributed by atoms with E-state index in [2.05, 4.69) is 15.3 Å². The number of alkyl halides is 1. The Bertz CT molecular complexity index is 488. The highest BCUT2D eigenvalue weighted by Gasteiger charge is 2.55. The van der Waals surface area contributed by atoms with Gasteiger partial charge in [0.25, 0.3) is 0 Å². The standard InChI is InChI=1S/C13H18FN3O5/c1-4-21-10(19)13(17-9(3)18,11(20)22-5-2)6-12(14)7-15-8-16-12/h7-8H,4-6H2,1-3H3,(H,17,18). The van der Waals surface area contributed by atoms with Crippen molar-refractivity contribution in [3.05, 3.63) is 0 Å². The first-order valence-corrected chi connectivity index (χ1v) is 6.70. The van der Waals surface area contributed by atoms with E-state index in [1.807, 2.05) is 0 Å². The van der Waals surface area contributed by atoms with Crippen molar-refractivity contribution >= 4 is 30.4 Å². The van der Waals surface area contributed by atoms with Crippen LogP contribution in [0.15, 0.2) is 9.98 Å². The average Bonchev–Trinajstić information content (AvgIpc) is 2.84. The zero-order valence-corrected chi connectivity index (χ0v) is 12.6. The van der Waals surface area contributed by atoms with E-state index in [0.29, 0.717) is 0 Å².